The molecular formula is C12H17N3OS. The van der Waals surface area contributed by atoms with E-state index >= 15 is 0 Å². The summed E-state index contributed by atoms with van der Waals surface area (Å²) < 4.78 is 1.12. The minimum atomic E-state index is 0.210. The molecule has 0 aromatic carbocycles. The molecule has 0 saturated carbocycles. The number of nitrogens with zero attached hydrogens (tertiary/aromatic N) is 3. The molecule has 0 amide bonds. The minimum absolute atomic E-state index is 0.210. The Balaban J connectivity index is 2.37. The SMILES string of the molecule is CC(C)N(CCCO)c1ncnc2ccsc12. The Labute approximate surface area is 105 Å². The zero-order valence-electron chi connectivity index (χ0n) is 10.1. The molecule has 0 radical (unpaired) electrons. The van der Waals surface area contributed by atoms with Gasteiger partial charge in [0.15, 0.2) is 0 Å². The smallest absolute Gasteiger partial charge is 0.150 e. The van der Waals surface area contributed by atoms with Gasteiger partial charge in [-0.2, -0.15) is 0 Å². The van der Waals surface area contributed by atoms with Crippen LogP contribution in [-0.4, -0.2) is 34.3 Å². The van der Waals surface area contributed by atoms with Gasteiger partial charge >= 0.3 is 0 Å². The molecule has 0 aliphatic heterocycles. The minimum Gasteiger partial charge on any atom is -0.396 e. The lowest BCUT2D eigenvalue weighted by atomic mass is 10.2. The van der Waals surface area contributed by atoms with E-state index in [0.29, 0.717) is 6.04 Å². The second-order valence-electron chi connectivity index (χ2n) is 4.20. The summed E-state index contributed by atoms with van der Waals surface area (Å²) in [6.45, 7) is 5.30. The topological polar surface area (TPSA) is 49.2 Å². The van der Waals surface area contributed by atoms with Crippen LogP contribution in [0, 0.1) is 0 Å². The molecule has 2 aromatic heterocycles. The van der Waals surface area contributed by atoms with Gasteiger partial charge in [-0.1, -0.05) is 0 Å². The maximum atomic E-state index is 8.96. The highest BCUT2D eigenvalue weighted by molar-refractivity contribution is 7.17. The van der Waals surface area contributed by atoms with Crippen molar-refractivity contribution in [1.82, 2.24) is 9.97 Å². The molecule has 0 spiro atoms. The van der Waals surface area contributed by atoms with Gasteiger partial charge in [0.2, 0.25) is 0 Å². The van der Waals surface area contributed by atoms with E-state index in [-0.39, 0.29) is 6.61 Å². The highest BCUT2D eigenvalue weighted by atomic mass is 32.1. The maximum Gasteiger partial charge on any atom is 0.150 e. The third-order valence-corrected chi connectivity index (χ3v) is 3.58. The monoisotopic (exact) mass is 251 g/mol. The molecule has 2 aromatic rings. The second-order valence-corrected chi connectivity index (χ2v) is 5.11. The predicted octanol–water partition coefficient (Wildman–Crippen LogP) is 2.29. The Morgan fingerprint density at radius 1 is 1.41 bits per heavy atom. The summed E-state index contributed by atoms with van der Waals surface area (Å²) in [6, 6.07) is 2.37. The largest absolute Gasteiger partial charge is 0.396 e. The standard InChI is InChI=1S/C12H17N3OS/c1-9(2)15(5-3-6-16)12-11-10(4-7-17-11)13-8-14-12/h4,7-9,16H,3,5-6H2,1-2H3. The Hall–Kier alpha value is -1.20. The van der Waals surface area contributed by atoms with Gasteiger partial charge in [-0.25, -0.2) is 9.97 Å². The van der Waals surface area contributed by atoms with Crippen LogP contribution in [-0.2, 0) is 0 Å². The van der Waals surface area contributed by atoms with Gasteiger partial charge < -0.3 is 10.0 Å². The van der Waals surface area contributed by atoms with Gasteiger partial charge in [0, 0.05) is 19.2 Å². The number of aromatic nitrogens is 2. The summed E-state index contributed by atoms with van der Waals surface area (Å²) in [4.78, 5) is 10.9. The van der Waals surface area contributed by atoms with Crippen molar-refractivity contribution < 1.29 is 5.11 Å². The molecule has 92 valence electrons. The molecule has 0 bridgehead atoms. The Kier molecular flexibility index (Phi) is 3.91. The van der Waals surface area contributed by atoms with Crippen molar-refractivity contribution in [3.8, 4) is 0 Å². The molecular weight excluding hydrogens is 234 g/mol. The van der Waals surface area contributed by atoms with Crippen molar-refractivity contribution in [3.63, 3.8) is 0 Å². The van der Waals surface area contributed by atoms with Crippen LogP contribution in [0.2, 0.25) is 0 Å². The van der Waals surface area contributed by atoms with Crippen molar-refractivity contribution in [3.05, 3.63) is 17.8 Å². The van der Waals surface area contributed by atoms with Crippen LogP contribution in [0.3, 0.4) is 0 Å². The number of aliphatic hydroxyl groups excluding tert-OH is 1. The second kappa shape index (κ2) is 5.42. The number of anilines is 1. The number of hydrogen-bond donors (Lipinski definition) is 1. The average molecular weight is 251 g/mol. The van der Waals surface area contributed by atoms with Crippen LogP contribution in [0.25, 0.3) is 10.2 Å². The Bertz CT molecular complexity index is 483. The molecule has 0 atom stereocenters. The lowest BCUT2D eigenvalue weighted by molar-refractivity contribution is 0.288. The van der Waals surface area contributed by atoms with Crippen molar-refractivity contribution >= 4 is 27.4 Å². The molecule has 0 aliphatic rings. The fourth-order valence-corrected chi connectivity index (χ4v) is 2.68. The molecule has 2 heterocycles. The molecule has 0 unspecified atom stereocenters. The van der Waals surface area contributed by atoms with E-state index < -0.39 is 0 Å². The number of rotatable bonds is 5. The normalized spacial score (nSPS) is 11.3. The third-order valence-electron chi connectivity index (χ3n) is 2.68. The molecule has 2 rings (SSSR count). The van der Waals surface area contributed by atoms with E-state index in [1.165, 1.54) is 0 Å². The predicted molar refractivity (Wildman–Crippen MR) is 71.6 cm³/mol. The zero-order valence-corrected chi connectivity index (χ0v) is 10.9. The third kappa shape index (κ3) is 2.56. The van der Waals surface area contributed by atoms with Crippen molar-refractivity contribution in [1.29, 1.82) is 0 Å². The van der Waals surface area contributed by atoms with Crippen LogP contribution in [0.5, 0.6) is 0 Å². The molecule has 4 nitrogen and oxygen atoms in total. The Morgan fingerprint density at radius 2 is 2.24 bits per heavy atom. The van der Waals surface area contributed by atoms with Crippen LogP contribution in [0.15, 0.2) is 17.8 Å². The first-order chi connectivity index (χ1) is 8.24. The molecule has 5 heteroatoms. The highest BCUT2D eigenvalue weighted by Crippen LogP contribution is 2.28. The van der Waals surface area contributed by atoms with Gasteiger partial charge in [0.05, 0.1) is 10.2 Å². The fourth-order valence-electron chi connectivity index (χ4n) is 1.83. The van der Waals surface area contributed by atoms with Crippen LogP contribution in [0.1, 0.15) is 20.3 Å². The lowest BCUT2D eigenvalue weighted by Gasteiger charge is -2.27. The van der Waals surface area contributed by atoms with E-state index in [9.17, 15) is 0 Å². The number of thiophene rings is 1. The van der Waals surface area contributed by atoms with Gasteiger partial charge in [-0.15, -0.1) is 11.3 Å². The average Bonchev–Trinajstić information content (AvgIpc) is 2.77. The van der Waals surface area contributed by atoms with Crippen LogP contribution < -0.4 is 4.90 Å². The van der Waals surface area contributed by atoms with Crippen molar-refractivity contribution in [2.24, 2.45) is 0 Å². The molecule has 0 saturated heterocycles. The number of aliphatic hydroxyl groups is 1. The summed E-state index contributed by atoms with van der Waals surface area (Å²) >= 11 is 1.66. The molecule has 1 N–H and O–H groups in total. The molecule has 0 aliphatic carbocycles. The first-order valence-corrected chi connectivity index (χ1v) is 6.67. The van der Waals surface area contributed by atoms with Gasteiger partial charge in [0.25, 0.3) is 0 Å². The van der Waals surface area contributed by atoms with Crippen LogP contribution in [0.4, 0.5) is 5.82 Å². The zero-order chi connectivity index (χ0) is 12.3. The quantitative estimate of drug-likeness (QED) is 0.885. The fraction of sp³-hybridized carbons (Fsp3) is 0.500. The number of fused-ring (bicyclic) bond motifs is 1. The summed E-state index contributed by atoms with van der Waals surface area (Å²) in [5.41, 5.74) is 0.995. The van der Waals surface area contributed by atoms with Gasteiger partial charge in [-0.05, 0) is 31.7 Å². The van der Waals surface area contributed by atoms with Gasteiger partial charge in [-0.3, -0.25) is 0 Å². The highest BCUT2D eigenvalue weighted by Gasteiger charge is 2.15. The van der Waals surface area contributed by atoms with Crippen LogP contribution >= 0.6 is 11.3 Å². The summed E-state index contributed by atoms with van der Waals surface area (Å²) in [7, 11) is 0. The van der Waals surface area contributed by atoms with E-state index in [1.54, 1.807) is 17.7 Å². The Morgan fingerprint density at radius 3 is 2.94 bits per heavy atom. The van der Waals surface area contributed by atoms with E-state index in [1.807, 2.05) is 11.4 Å². The molecule has 17 heavy (non-hydrogen) atoms. The maximum absolute atomic E-state index is 8.96. The summed E-state index contributed by atoms with van der Waals surface area (Å²) in [5.74, 6) is 0.980. The van der Waals surface area contributed by atoms with Crippen molar-refractivity contribution in [2.75, 3.05) is 18.1 Å². The number of hydrogen-bond acceptors (Lipinski definition) is 5. The first-order valence-electron chi connectivity index (χ1n) is 5.79. The summed E-state index contributed by atoms with van der Waals surface area (Å²) in [5, 5.41) is 11.0. The molecule has 0 fully saturated rings. The lowest BCUT2D eigenvalue weighted by Crippen LogP contribution is -2.33. The van der Waals surface area contributed by atoms with Gasteiger partial charge in [0.1, 0.15) is 12.1 Å². The van der Waals surface area contributed by atoms with Crippen molar-refractivity contribution in [2.45, 2.75) is 26.3 Å². The van der Waals surface area contributed by atoms with E-state index in [4.69, 9.17) is 5.11 Å². The van der Waals surface area contributed by atoms with E-state index in [0.717, 1.165) is 29.0 Å². The summed E-state index contributed by atoms with van der Waals surface area (Å²) in [6.07, 6.45) is 2.37. The van der Waals surface area contributed by atoms with E-state index in [2.05, 4.69) is 28.7 Å². The first kappa shape index (κ1) is 12.3.